The molecule has 0 unspecified atom stereocenters. The number of hydrogen-bond donors (Lipinski definition) is 1. The second kappa shape index (κ2) is 8.16. The summed E-state index contributed by atoms with van der Waals surface area (Å²) in [7, 11) is 0. The summed E-state index contributed by atoms with van der Waals surface area (Å²) in [6.45, 7) is 5.56. The summed E-state index contributed by atoms with van der Waals surface area (Å²) in [5.74, 6) is 1.47. The zero-order chi connectivity index (χ0) is 17.6. The zero-order valence-corrected chi connectivity index (χ0v) is 14.7. The van der Waals surface area contributed by atoms with Gasteiger partial charge in [-0.15, -0.1) is 0 Å². The van der Waals surface area contributed by atoms with Gasteiger partial charge in [-0.25, -0.2) is 0 Å². The van der Waals surface area contributed by atoms with Crippen molar-refractivity contribution in [2.24, 2.45) is 0 Å². The van der Waals surface area contributed by atoms with Crippen LogP contribution >= 0.6 is 0 Å². The first-order chi connectivity index (χ1) is 12.1. The van der Waals surface area contributed by atoms with Gasteiger partial charge in [-0.05, 0) is 44.4 Å². The van der Waals surface area contributed by atoms with Gasteiger partial charge in [0.25, 0.3) is 0 Å². The van der Waals surface area contributed by atoms with Crippen LogP contribution in [0.3, 0.4) is 0 Å². The molecule has 2 heterocycles. The highest BCUT2D eigenvalue weighted by Gasteiger charge is 2.16. The molecule has 1 atom stereocenters. The van der Waals surface area contributed by atoms with Crippen molar-refractivity contribution in [1.82, 2.24) is 10.5 Å². The Balaban J connectivity index is 1.44. The summed E-state index contributed by atoms with van der Waals surface area (Å²) < 4.78 is 16.4. The Labute approximate surface area is 147 Å². The highest BCUT2D eigenvalue weighted by Crippen LogP contribution is 2.17. The van der Waals surface area contributed by atoms with Gasteiger partial charge in [0.05, 0.1) is 18.2 Å². The van der Waals surface area contributed by atoms with E-state index in [1.54, 1.807) is 0 Å². The van der Waals surface area contributed by atoms with Crippen LogP contribution in [0.15, 0.2) is 28.8 Å². The van der Waals surface area contributed by atoms with E-state index < -0.39 is 0 Å². The molecule has 1 aromatic carbocycles. The van der Waals surface area contributed by atoms with Crippen molar-refractivity contribution in [3.05, 3.63) is 46.8 Å². The van der Waals surface area contributed by atoms with Crippen molar-refractivity contribution in [1.29, 1.82) is 0 Å². The molecule has 0 aliphatic carbocycles. The van der Waals surface area contributed by atoms with E-state index in [0.29, 0.717) is 18.9 Å². The smallest absolute Gasteiger partial charge is 0.224 e. The predicted molar refractivity (Wildman–Crippen MR) is 92.4 cm³/mol. The minimum absolute atomic E-state index is 0.0480. The van der Waals surface area contributed by atoms with Crippen molar-refractivity contribution in [2.75, 3.05) is 13.2 Å². The van der Waals surface area contributed by atoms with Gasteiger partial charge in [-0.2, -0.15) is 0 Å². The standard InChI is InChI=1S/C19H24N2O4/c1-13-18(14(2)25-21-13)10-19(22)20-11-15-5-7-16(8-6-15)24-12-17-4-3-9-23-17/h5-8,17H,3-4,9-12H2,1-2H3,(H,20,22)/t17-/m0/s1. The van der Waals surface area contributed by atoms with Crippen LogP contribution in [0.2, 0.25) is 0 Å². The first-order valence-electron chi connectivity index (χ1n) is 8.63. The molecule has 1 aliphatic heterocycles. The molecule has 6 heteroatoms. The van der Waals surface area contributed by atoms with Crippen LogP contribution in [-0.4, -0.2) is 30.4 Å². The van der Waals surface area contributed by atoms with Crippen LogP contribution in [0, 0.1) is 13.8 Å². The molecule has 0 radical (unpaired) electrons. The van der Waals surface area contributed by atoms with Gasteiger partial charge in [0, 0.05) is 18.7 Å². The van der Waals surface area contributed by atoms with Crippen LogP contribution in [-0.2, 0) is 22.5 Å². The summed E-state index contributed by atoms with van der Waals surface area (Å²) in [4.78, 5) is 12.1. The summed E-state index contributed by atoms with van der Waals surface area (Å²) >= 11 is 0. The maximum atomic E-state index is 12.1. The Hall–Kier alpha value is -2.34. The molecular weight excluding hydrogens is 320 g/mol. The van der Waals surface area contributed by atoms with E-state index in [4.69, 9.17) is 14.0 Å². The van der Waals surface area contributed by atoms with Gasteiger partial charge in [-0.1, -0.05) is 17.3 Å². The maximum absolute atomic E-state index is 12.1. The fourth-order valence-corrected chi connectivity index (χ4v) is 2.85. The van der Waals surface area contributed by atoms with E-state index in [0.717, 1.165) is 42.0 Å². The fourth-order valence-electron chi connectivity index (χ4n) is 2.85. The van der Waals surface area contributed by atoms with Crippen molar-refractivity contribution >= 4 is 5.91 Å². The van der Waals surface area contributed by atoms with Crippen LogP contribution in [0.5, 0.6) is 5.75 Å². The van der Waals surface area contributed by atoms with Gasteiger partial charge >= 0.3 is 0 Å². The topological polar surface area (TPSA) is 73.6 Å². The van der Waals surface area contributed by atoms with Crippen molar-refractivity contribution < 1.29 is 18.8 Å². The normalized spacial score (nSPS) is 16.8. The number of hydrogen-bond acceptors (Lipinski definition) is 5. The minimum Gasteiger partial charge on any atom is -0.491 e. The Bertz CT molecular complexity index is 683. The number of ether oxygens (including phenoxy) is 2. The number of carbonyl (C=O) groups excluding carboxylic acids is 1. The second-order valence-electron chi connectivity index (χ2n) is 6.35. The van der Waals surface area contributed by atoms with Gasteiger partial charge < -0.3 is 19.3 Å². The lowest BCUT2D eigenvalue weighted by Crippen LogP contribution is -2.24. The lowest BCUT2D eigenvalue weighted by atomic mass is 10.1. The number of aryl methyl sites for hydroxylation is 2. The van der Waals surface area contributed by atoms with E-state index in [-0.39, 0.29) is 18.4 Å². The maximum Gasteiger partial charge on any atom is 0.224 e. The molecule has 0 bridgehead atoms. The van der Waals surface area contributed by atoms with Crippen molar-refractivity contribution in [3.8, 4) is 5.75 Å². The quantitative estimate of drug-likeness (QED) is 0.836. The van der Waals surface area contributed by atoms with E-state index in [1.807, 2.05) is 38.1 Å². The van der Waals surface area contributed by atoms with Gasteiger partial charge in [0.1, 0.15) is 18.1 Å². The average molecular weight is 344 g/mol. The highest BCUT2D eigenvalue weighted by molar-refractivity contribution is 5.79. The highest BCUT2D eigenvalue weighted by atomic mass is 16.5. The monoisotopic (exact) mass is 344 g/mol. The van der Waals surface area contributed by atoms with Crippen LogP contribution in [0.1, 0.15) is 35.4 Å². The molecule has 0 saturated carbocycles. The second-order valence-corrected chi connectivity index (χ2v) is 6.35. The zero-order valence-electron chi connectivity index (χ0n) is 14.7. The summed E-state index contributed by atoms with van der Waals surface area (Å²) in [6.07, 6.45) is 2.67. The Morgan fingerprint density at radius 2 is 2.12 bits per heavy atom. The van der Waals surface area contributed by atoms with E-state index >= 15 is 0 Å². The first kappa shape index (κ1) is 17.5. The molecule has 1 aromatic heterocycles. The number of aromatic nitrogens is 1. The van der Waals surface area contributed by atoms with Crippen molar-refractivity contribution in [3.63, 3.8) is 0 Å². The van der Waals surface area contributed by atoms with E-state index in [9.17, 15) is 4.79 Å². The van der Waals surface area contributed by atoms with Crippen LogP contribution in [0.25, 0.3) is 0 Å². The van der Waals surface area contributed by atoms with E-state index in [1.165, 1.54) is 0 Å². The van der Waals surface area contributed by atoms with Crippen molar-refractivity contribution in [2.45, 2.75) is 45.8 Å². The molecule has 1 N–H and O–H groups in total. The number of amides is 1. The molecule has 25 heavy (non-hydrogen) atoms. The number of nitrogens with zero attached hydrogens (tertiary/aromatic N) is 1. The molecule has 1 amide bonds. The third-order valence-corrected chi connectivity index (χ3v) is 4.39. The molecular formula is C19H24N2O4. The largest absolute Gasteiger partial charge is 0.491 e. The van der Waals surface area contributed by atoms with E-state index in [2.05, 4.69) is 10.5 Å². The Morgan fingerprint density at radius 1 is 1.32 bits per heavy atom. The molecule has 1 aliphatic rings. The summed E-state index contributed by atoms with van der Waals surface area (Å²) in [6, 6.07) is 7.76. The molecule has 2 aromatic rings. The average Bonchev–Trinajstić information content (AvgIpc) is 3.24. The number of benzene rings is 1. The summed E-state index contributed by atoms with van der Waals surface area (Å²) in [5, 5.41) is 6.78. The van der Waals surface area contributed by atoms with Crippen LogP contribution in [0.4, 0.5) is 0 Å². The molecule has 134 valence electrons. The molecule has 1 fully saturated rings. The Kier molecular flexibility index (Phi) is 5.71. The molecule has 0 spiro atoms. The lowest BCUT2D eigenvalue weighted by molar-refractivity contribution is -0.120. The summed E-state index contributed by atoms with van der Waals surface area (Å²) in [5.41, 5.74) is 2.65. The first-order valence-corrected chi connectivity index (χ1v) is 8.63. The molecule has 1 saturated heterocycles. The number of rotatable bonds is 7. The number of carbonyl (C=O) groups is 1. The van der Waals surface area contributed by atoms with Crippen LogP contribution < -0.4 is 10.1 Å². The predicted octanol–water partition coefficient (Wildman–Crippen LogP) is 2.71. The fraction of sp³-hybridized carbons (Fsp3) is 0.474. The third kappa shape index (κ3) is 4.82. The lowest BCUT2D eigenvalue weighted by Gasteiger charge is -2.12. The molecule has 3 rings (SSSR count). The minimum atomic E-state index is -0.0480. The number of nitrogens with one attached hydrogen (secondary N) is 1. The SMILES string of the molecule is Cc1noc(C)c1CC(=O)NCc1ccc(OC[C@@H]2CCCO2)cc1. The third-order valence-electron chi connectivity index (χ3n) is 4.39. The van der Waals surface area contributed by atoms with Gasteiger partial charge in [-0.3, -0.25) is 4.79 Å². The van der Waals surface area contributed by atoms with Gasteiger partial charge in [0.15, 0.2) is 0 Å². The molecule has 6 nitrogen and oxygen atoms in total. The van der Waals surface area contributed by atoms with Gasteiger partial charge in [0.2, 0.25) is 5.91 Å². The Morgan fingerprint density at radius 3 is 2.76 bits per heavy atom.